The van der Waals surface area contributed by atoms with E-state index in [9.17, 15) is 0 Å². The molecule has 0 radical (unpaired) electrons. The summed E-state index contributed by atoms with van der Waals surface area (Å²) in [7, 11) is 0. The molecular formula is C47H35N3. The molecule has 1 heterocycles. The molecule has 9 rings (SSSR count). The minimum atomic E-state index is -0.310. The zero-order valence-corrected chi connectivity index (χ0v) is 27.6. The number of amidine groups is 2. The Balaban J connectivity index is 1.18. The van der Waals surface area contributed by atoms with Gasteiger partial charge in [0, 0.05) is 11.1 Å². The number of hydrogen-bond acceptors (Lipinski definition) is 3. The number of allylic oxidation sites excluding steroid dienone is 4. The summed E-state index contributed by atoms with van der Waals surface area (Å²) in [5.74, 6) is 1.52. The van der Waals surface area contributed by atoms with E-state index in [1.165, 1.54) is 32.7 Å². The van der Waals surface area contributed by atoms with Crippen LogP contribution in [0.25, 0.3) is 49.4 Å². The second-order valence-electron chi connectivity index (χ2n) is 13.0. The Bertz CT molecular complexity index is 2430. The lowest BCUT2D eigenvalue weighted by Crippen LogP contribution is -2.33. The summed E-state index contributed by atoms with van der Waals surface area (Å²) in [6, 6.07) is 56.3. The molecule has 0 saturated heterocycles. The van der Waals surface area contributed by atoms with Crippen LogP contribution in [0.4, 0.5) is 0 Å². The molecule has 7 aromatic rings. The van der Waals surface area contributed by atoms with E-state index in [1.807, 2.05) is 0 Å². The Hall–Kier alpha value is -6.32. The summed E-state index contributed by atoms with van der Waals surface area (Å²) in [5.41, 5.74) is 10.2. The van der Waals surface area contributed by atoms with Crippen LogP contribution in [-0.4, -0.2) is 11.7 Å². The third-order valence-electron chi connectivity index (χ3n) is 9.72. The monoisotopic (exact) mass is 641 g/mol. The van der Waals surface area contributed by atoms with Gasteiger partial charge in [0.15, 0.2) is 5.84 Å². The number of nitrogens with zero attached hydrogens (tertiary/aromatic N) is 2. The minimum Gasteiger partial charge on any atom is -0.344 e. The van der Waals surface area contributed by atoms with E-state index in [1.54, 1.807) is 0 Å². The molecule has 1 atom stereocenters. The molecule has 7 aromatic carbocycles. The maximum Gasteiger partial charge on any atom is 0.159 e. The summed E-state index contributed by atoms with van der Waals surface area (Å²) in [6.45, 7) is 0. The lowest BCUT2D eigenvalue weighted by atomic mass is 9.95. The lowest BCUT2D eigenvalue weighted by Gasteiger charge is -2.25. The van der Waals surface area contributed by atoms with Gasteiger partial charge in [-0.1, -0.05) is 152 Å². The Labute approximate surface area is 292 Å². The van der Waals surface area contributed by atoms with Gasteiger partial charge in [-0.15, -0.1) is 0 Å². The van der Waals surface area contributed by atoms with Gasteiger partial charge in [0.1, 0.15) is 12.0 Å². The number of benzene rings is 7. The van der Waals surface area contributed by atoms with Crippen LogP contribution < -0.4 is 5.32 Å². The van der Waals surface area contributed by atoms with Gasteiger partial charge in [-0.05, 0) is 97.6 Å². The molecule has 0 saturated carbocycles. The third kappa shape index (κ3) is 5.84. The van der Waals surface area contributed by atoms with Crippen molar-refractivity contribution in [3.05, 3.63) is 198 Å². The number of aliphatic imine (C=N–C) groups is 2. The Morgan fingerprint density at radius 1 is 0.480 bits per heavy atom. The molecular weight excluding hydrogens is 607 g/mol. The highest BCUT2D eigenvalue weighted by atomic mass is 15.2. The average Bonchev–Trinajstić information content (AvgIpc) is 3.21. The highest BCUT2D eigenvalue weighted by molar-refractivity contribution is 6.16. The third-order valence-corrected chi connectivity index (χ3v) is 9.72. The van der Waals surface area contributed by atoms with E-state index < -0.39 is 0 Å². The van der Waals surface area contributed by atoms with Crippen LogP contribution in [0.1, 0.15) is 41.3 Å². The number of hydrogen-bond donors (Lipinski definition) is 1. The fourth-order valence-corrected chi connectivity index (χ4v) is 7.09. The lowest BCUT2D eigenvalue weighted by molar-refractivity contribution is 0.674. The molecule has 50 heavy (non-hydrogen) atoms. The molecule has 1 aliphatic heterocycles. The van der Waals surface area contributed by atoms with Crippen molar-refractivity contribution in [1.82, 2.24) is 5.32 Å². The molecule has 0 amide bonds. The Morgan fingerprint density at radius 3 is 1.84 bits per heavy atom. The van der Waals surface area contributed by atoms with Gasteiger partial charge < -0.3 is 5.32 Å². The fraction of sp³-hybridized carbons (Fsp3) is 0.0638. The molecule has 0 aromatic heterocycles. The molecule has 1 aliphatic carbocycles. The zero-order valence-electron chi connectivity index (χ0n) is 27.6. The number of fused-ring (bicyclic) bond motifs is 3. The van der Waals surface area contributed by atoms with Crippen LogP contribution in [0.15, 0.2) is 186 Å². The first-order valence-corrected chi connectivity index (χ1v) is 17.3. The predicted octanol–water partition coefficient (Wildman–Crippen LogP) is 11.6. The van der Waals surface area contributed by atoms with Gasteiger partial charge in [-0.25, -0.2) is 9.98 Å². The second-order valence-corrected chi connectivity index (χ2v) is 13.0. The van der Waals surface area contributed by atoms with E-state index in [4.69, 9.17) is 9.98 Å². The minimum absolute atomic E-state index is 0.310. The summed E-state index contributed by atoms with van der Waals surface area (Å²) in [5, 5.41) is 8.63. The maximum absolute atomic E-state index is 5.27. The van der Waals surface area contributed by atoms with E-state index in [0.717, 1.165) is 57.6 Å². The molecule has 2 aliphatic rings. The van der Waals surface area contributed by atoms with Gasteiger partial charge in [0.2, 0.25) is 0 Å². The van der Waals surface area contributed by atoms with Crippen molar-refractivity contribution in [2.24, 2.45) is 9.98 Å². The maximum atomic E-state index is 5.27. The molecule has 1 N–H and O–H groups in total. The quantitative estimate of drug-likeness (QED) is 0.180. The van der Waals surface area contributed by atoms with Crippen molar-refractivity contribution in [3.8, 4) is 22.3 Å². The topological polar surface area (TPSA) is 36.8 Å². The first-order valence-electron chi connectivity index (χ1n) is 17.3. The van der Waals surface area contributed by atoms with Crippen molar-refractivity contribution < 1.29 is 0 Å². The van der Waals surface area contributed by atoms with Crippen molar-refractivity contribution >= 4 is 38.8 Å². The van der Waals surface area contributed by atoms with E-state index in [-0.39, 0.29) is 6.17 Å². The average molecular weight is 642 g/mol. The van der Waals surface area contributed by atoms with Crippen LogP contribution in [0.2, 0.25) is 0 Å². The molecule has 1 unspecified atom stereocenters. The molecule has 238 valence electrons. The SMILES string of the molecule is C1=CC(c2ccc(C3N=C(c4ccc5c(ccc6ccccc65)c4)N=C(c4cc(-c5ccccc5)cc(-c5ccccc5)c4)N3)cc2)=CCC1. The van der Waals surface area contributed by atoms with E-state index >= 15 is 0 Å². The predicted molar refractivity (Wildman–Crippen MR) is 211 cm³/mol. The molecule has 0 fully saturated rings. The van der Waals surface area contributed by atoms with Crippen LogP contribution in [0.5, 0.6) is 0 Å². The molecule has 0 bridgehead atoms. The summed E-state index contributed by atoms with van der Waals surface area (Å²) in [6.07, 6.45) is 8.68. The van der Waals surface area contributed by atoms with Gasteiger partial charge in [0.25, 0.3) is 0 Å². The smallest absolute Gasteiger partial charge is 0.159 e. The van der Waals surface area contributed by atoms with Crippen molar-refractivity contribution in [1.29, 1.82) is 0 Å². The van der Waals surface area contributed by atoms with Crippen LogP contribution in [-0.2, 0) is 0 Å². The molecule has 3 heteroatoms. The van der Waals surface area contributed by atoms with Gasteiger partial charge in [-0.2, -0.15) is 0 Å². The number of nitrogens with one attached hydrogen (secondary N) is 1. The van der Waals surface area contributed by atoms with Crippen molar-refractivity contribution in [2.75, 3.05) is 0 Å². The number of rotatable bonds is 6. The first kappa shape index (κ1) is 29.8. The Kier molecular flexibility index (Phi) is 7.71. The van der Waals surface area contributed by atoms with Crippen LogP contribution in [0.3, 0.4) is 0 Å². The van der Waals surface area contributed by atoms with Gasteiger partial charge in [0.05, 0.1) is 0 Å². The molecule has 3 nitrogen and oxygen atoms in total. The van der Waals surface area contributed by atoms with Gasteiger partial charge in [-0.3, -0.25) is 0 Å². The normalized spacial score (nSPS) is 15.7. The van der Waals surface area contributed by atoms with Crippen molar-refractivity contribution in [3.63, 3.8) is 0 Å². The summed E-state index contributed by atoms with van der Waals surface area (Å²) < 4.78 is 0. The van der Waals surface area contributed by atoms with Crippen LogP contribution in [0, 0.1) is 0 Å². The first-order chi connectivity index (χ1) is 24.7. The van der Waals surface area contributed by atoms with E-state index in [2.05, 4.69) is 181 Å². The highest BCUT2D eigenvalue weighted by Gasteiger charge is 2.23. The standard InChI is InChI=1S/C47H35N3/c1-4-12-32(13-5-1)35-20-23-37(24-21-35)45-48-46(39-26-27-44-38(28-39)25-22-36-18-10-11-19-43(36)44)50-47(49-45)42-30-40(33-14-6-2-7-15-33)29-41(31-42)34-16-8-3-9-17-34/h2-4,6-31,45H,1,5H2,(H,48,49,50). The highest BCUT2D eigenvalue weighted by Crippen LogP contribution is 2.32. The largest absolute Gasteiger partial charge is 0.344 e. The summed E-state index contributed by atoms with van der Waals surface area (Å²) in [4.78, 5) is 10.5. The second kappa shape index (κ2) is 12.9. The Morgan fingerprint density at radius 2 is 1.12 bits per heavy atom. The fourth-order valence-electron chi connectivity index (χ4n) is 7.09. The summed E-state index contributed by atoms with van der Waals surface area (Å²) >= 11 is 0. The van der Waals surface area contributed by atoms with Gasteiger partial charge >= 0.3 is 0 Å². The van der Waals surface area contributed by atoms with E-state index in [0.29, 0.717) is 5.84 Å². The molecule has 0 spiro atoms. The van der Waals surface area contributed by atoms with Crippen molar-refractivity contribution in [2.45, 2.75) is 19.0 Å². The zero-order chi connectivity index (χ0) is 33.3. The van der Waals surface area contributed by atoms with Crippen LogP contribution >= 0.6 is 0 Å².